The van der Waals surface area contributed by atoms with E-state index in [1.165, 1.54) is 33.4 Å². The molecule has 0 N–H and O–H groups in total. The highest BCUT2D eigenvalue weighted by atomic mass is 16.5. The van der Waals surface area contributed by atoms with Crippen molar-refractivity contribution in [2.24, 2.45) is 0 Å². The van der Waals surface area contributed by atoms with Gasteiger partial charge in [0.2, 0.25) is 0 Å². The minimum atomic E-state index is -0.317. The van der Waals surface area contributed by atoms with Crippen LogP contribution >= 0.6 is 0 Å². The highest BCUT2D eigenvalue weighted by Crippen LogP contribution is 2.28. The predicted molar refractivity (Wildman–Crippen MR) is 106 cm³/mol. The van der Waals surface area contributed by atoms with E-state index in [2.05, 4.69) is 34.6 Å². The van der Waals surface area contributed by atoms with E-state index in [1.54, 1.807) is 6.07 Å². The van der Waals surface area contributed by atoms with Crippen molar-refractivity contribution >= 4 is 11.0 Å². The van der Waals surface area contributed by atoms with Crippen LogP contribution in [0.25, 0.3) is 11.0 Å². The van der Waals surface area contributed by atoms with Crippen molar-refractivity contribution in [3.8, 4) is 5.75 Å². The van der Waals surface area contributed by atoms with Gasteiger partial charge in [0.15, 0.2) is 0 Å². The Balaban J connectivity index is 1.95. The molecule has 0 saturated carbocycles. The molecule has 136 valence electrons. The topological polar surface area (TPSA) is 39.4 Å². The van der Waals surface area contributed by atoms with Gasteiger partial charge in [0, 0.05) is 17.5 Å². The van der Waals surface area contributed by atoms with E-state index in [0.717, 1.165) is 17.4 Å². The van der Waals surface area contributed by atoms with E-state index in [4.69, 9.17) is 9.15 Å². The van der Waals surface area contributed by atoms with Crippen LogP contribution in [0.3, 0.4) is 0 Å². The summed E-state index contributed by atoms with van der Waals surface area (Å²) >= 11 is 0. The zero-order valence-corrected chi connectivity index (χ0v) is 16.4. The fourth-order valence-corrected chi connectivity index (χ4v) is 3.54. The van der Waals surface area contributed by atoms with E-state index >= 15 is 0 Å². The predicted octanol–water partition coefficient (Wildman–Crippen LogP) is 5.48. The van der Waals surface area contributed by atoms with Crippen LogP contribution in [-0.2, 0) is 13.0 Å². The lowest BCUT2D eigenvalue weighted by molar-refractivity contribution is 0.304. The van der Waals surface area contributed by atoms with Crippen LogP contribution in [0.5, 0.6) is 5.75 Å². The summed E-state index contributed by atoms with van der Waals surface area (Å²) in [4.78, 5) is 11.7. The second-order valence-electron chi connectivity index (χ2n) is 6.99. The maximum absolute atomic E-state index is 11.7. The molecular weight excluding hydrogens is 324 g/mol. The number of rotatable bonds is 4. The molecule has 0 aliphatic rings. The molecule has 1 heterocycles. The molecule has 0 saturated heterocycles. The van der Waals surface area contributed by atoms with Gasteiger partial charge in [-0.05, 0) is 92.1 Å². The van der Waals surface area contributed by atoms with Crippen LogP contribution in [-0.4, -0.2) is 0 Å². The normalized spacial score (nSPS) is 11.2. The van der Waals surface area contributed by atoms with Gasteiger partial charge in [-0.15, -0.1) is 0 Å². The number of aryl methyl sites for hydroxylation is 1. The Hall–Kier alpha value is -2.55. The number of ether oxygens (including phenoxy) is 1. The van der Waals surface area contributed by atoms with E-state index in [9.17, 15) is 4.79 Å². The summed E-state index contributed by atoms with van der Waals surface area (Å²) in [7, 11) is 0. The summed E-state index contributed by atoms with van der Waals surface area (Å²) in [5.41, 5.74) is 9.06. The summed E-state index contributed by atoms with van der Waals surface area (Å²) in [6.45, 7) is 13.3. The lowest BCUT2D eigenvalue weighted by atomic mass is 9.90. The van der Waals surface area contributed by atoms with Crippen molar-refractivity contribution in [2.75, 3.05) is 0 Å². The first-order valence-electron chi connectivity index (χ1n) is 9.08. The molecule has 0 unspecified atom stereocenters. The Morgan fingerprint density at radius 2 is 1.50 bits per heavy atom. The Morgan fingerprint density at radius 1 is 0.885 bits per heavy atom. The number of hydrogen-bond donors (Lipinski definition) is 0. The zero-order valence-electron chi connectivity index (χ0n) is 16.4. The summed E-state index contributed by atoms with van der Waals surface area (Å²) in [6.07, 6.45) is 0.794. The molecule has 0 aliphatic heterocycles. The van der Waals surface area contributed by atoms with Crippen molar-refractivity contribution in [3.05, 3.63) is 73.6 Å². The van der Waals surface area contributed by atoms with Crippen molar-refractivity contribution in [1.29, 1.82) is 0 Å². The second kappa shape index (κ2) is 6.99. The van der Waals surface area contributed by atoms with Gasteiger partial charge < -0.3 is 9.15 Å². The van der Waals surface area contributed by atoms with Gasteiger partial charge in [-0.25, -0.2) is 4.79 Å². The molecule has 0 amide bonds. The van der Waals surface area contributed by atoms with Crippen molar-refractivity contribution in [2.45, 2.75) is 54.6 Å². The Morgan fingerprint density at radius 3 is 2.12 bits per heavy atom. The summed E-state index contributed by atoms with van der Waals surface area (Å²) in [5, 5.41) is 0.967. The van der Waals surface area contributed by atoms with E-state index < -0.39 is 0 Å². The number of fused-ring (bicyclic) bond motifs is 1. The molecule has 3 rings (SSSR count). The Kier molecular flexibility index (Phi) is 4.90. The highest BCUT2D eigenvalue weighted by molar-refractivity contribution is 5.81. The van der Waals surface area contributed by atoms with Crippen LogP contribution in [0.4, 0.5) is 0 Å². The molecule has 3 nitrogen and oxygen atoms in total. The first-order valence-corrected chi connectivity index (χ1v) is 9.08. The molecular formula is C23H26O3. The molecule has 0 spiro atoms. The molecule has 3 heteroatoms. The van der Waals surface area contributed by atoms with Gasteiger partial charge in [0.1, 0.15) is 17.9 Å². The summed E-state index contributed by atoms with van der Waals surface area (Å²) in [6, 6.07) is 7.29. The zero-order chi connectivity index (χ0) is 19.0. The van der Waals surface area contributed by atoms with Crippen LogP contribution in [0.1, 0.15) is 45.9 Å². The first-order chi connectivity index (χ1) is 12.3. The Bertz CT molecular complexity index is 1010. The molecule has 1 aromatic heterocycles. The molecule has 0 atom stereocenters. The largest absolute Gasteiger partial charge is 0.489 e. The fourth-order valence-electron chi connectivity index (χ4n) is 3.54. The molecule has 0 aliphatic carbocycles. The van der Waals surface area contributed by atoms with Gasteiger partial charge in [0.25, 0.3) is 0 Å². The van der Waals surface area contributed by atoms with Crippen molar-refractivity contribution in [3.63, 3.8) is 0 Å². The average Bonchev–Trinajstić information content (AvgIpc) is 2.63. The van der Waals surface area contributed by atoms with Crippen molar-refractivity contribution < 1.29 is 9.15 Å². The molecule has 0 fully saturated rings. The van der Waals surface area contributed by atoms with Crippen molar-refractivity contribution in [1.82, 2.24) is 0 Å². The average molecular weight is 350 g/mol. The quantitative estimate of drug-likeness (QED) is 0.585. The third-order valence-electron chi connectivity index (χ3n) is 5.72. The first kappa shape index (κ1) is 18.2. The van der Waals surface area contributed by atoms with Gasteiger partial charge >= 0.3 is 5.63 Å². The van der Waals surface area contributed by atoms with Gasteiger partial charge in [0.05, 0.1) is 0 Å². The van der Waals surface area contributed by atoms with Gasteiger partial charge in [-0.3, -0.25) is 0 Å². The van der Waals surface area contributed by atoms with E-state index in [1.807, 2.05) is 25.1 Å². The highest BCUT2D eigenvalue weighted by Gasteiger charge is 2.13. The minimum absolute atomic E-state index is 0.317. The SMILES string of the molecule is CCc1cc(=O)oc2cc(OCc3c(C)c(C)c(C)c(C)c3C)ccc12. The molecule has 3 aromatic rings. The van der Waals surface area contributed by atoms with Crippen LogP contribution in [0, 0.1) is 34.6 Å². The maximum atomic E-state index is 11.7. The maximum Gasteiger partial charge on any atom is 0.336 e. The van der Waals surface area contributed by atoms with Crippen LogP contribution in [0.2, 0.25) is 0 Å². The smallest absolute Gasteiger partial charge is 0.336 e. The standard InChI is InChI=1S/C23H26O3/c1-7-18-10-23(24)26-22-11-19(8-9-20(18)22)25-12-21-16(5)14(3)13(2)15(4)17(21)6/h8-11H,7,12H2,1-6H3. The van der Waals surface area contributed by atoms with E-state index in [0.29, 0.717) is 17.9 Å². The Labute approximate surface area is 154 Å². The van der Waals surface area contributed by atoms with E-state index in [-0.39, 0.29) is 5.63 Å². The third-order valence-corrected chi connectivity index (χ3v) is 5.72. The minimum Gasteiger partial charge on any atom is -0.489 e. The van der Waals surface area contributed by atoms with Crippen LogP contribution < -0.4 is 10.4 Å². The molecule has 26 heavy (non-hydrogen) atoms. The van der Waals surface area contributed by atoms with Gasteiger partial charge in [-0.2, -0.15) is 0 Å². The molecule has 2 aromatic carbocycles. The molecule has 0 bridgehead atoms. The monoisotopic (exact) mass is 350 g/mol. The summed E-state index contributed by atoms with van der Waals surface area (Å²) in [5.74, 6) is 0.712. The number of benzene rings is 2. The van der Waals surface area contributed by atoms with Gasteiger partial charge in [-0.1, -0.05) is 6.92 Å². The lowest BCUT2D eigenvalue weighted by Crippen LogP contribution is -2.06. The second-order valence-corrected chi connectivity index (χ2v) is 6.99. The fraction of sp³-hybridized carbons (Fsp3) is 0.348. The summed E-state index contributed by atoms with van der Waals surface area (Å²) < 4.78 is 11.4. The number of hydrogen-bond acceptors (Lipinski definition) is 3. The lowest BCUT2D eigenvalue weighted by Gasteiger charge is -2.19. The third kappa shape index (κ3) is 3.14. The molecule has 0 radical (unpaired) electrons. The van der Waals surface area contributed by atoms with Crippen LogP contribution in [0.15, 0.2) is 33.5 Å².